The second-order valence-corrected chi connectivity index (χ2v) is 5.94. The molecule has 0 amide bonds. The van der Waals surface area contributed by atoms with E-state index in [1.54, 1.807) is 0 Å². The highest BCUT2D eigenvalue weighted by Crippen LogP contribution is 2.16. The van der Waals surface area contributed by atoms with Crippen LogP contribution in [-0.4, -0.2) is 12.1 Å². The quantitative estimate of drug-likeness (QED) is 0.902. The number of nitrogens with zero attached hydrogens (tertiary/aromatic N) is 1. The summed E-state index contributed by atoms with van der Waals surface area (Å²) in [5.74, 6) is 0.549. The Labute approximate surface area is 112 Å². The maximum atomic E-state index is 9.29. The molecule has 3 heteroatoms. The summed E-state index contributed by atoms with van der Waals surface area (Å²) in [6.45, 7) is 7.10. The molecule has 0 bridgehead atoms. The van der Waals surface area contributed by atoms with Crippen molar-refractivity contribution in [3.05, 3.63) is 34.3 Å². The number of rotatable bonds is 5. The summed E-state index contributed by atoms with van der Waals surface area (Å²) in [4.78, 5) is 0. The SMILES string of the molecule is CC(C)CNC(C)(C#N)Cc1ccc(Br)cc1. The standard InChI is InChI=1S/C14H19BrN2/c1-11(2)9-17-14(3,10-16)8-12-4-6-13(15)7-5-12/h4-7,11,17H,8-9H2,1-3H3. The highest BCUT2D eigenvalue weighted by atomic mass is 79.9. The third-order valence-electron chi connectivity index (χ3n) is 2.62. The smallest absolute Gasteiger partial charge is 0.107 e. The molecule has 1 rings (SSSR count). The predicted octanol–water partition coefficient (Wildman–Crippen LogP) is 3.52. The molecule has 0 aliphatic heterocycles. The topological polar surface area (TPSA) is 35.8 Å². The zero-order valence-electron chi connectivity index (χ0n) is 10.6. The van der Waals surface area contributed by atoms with Crippen molar-refractivity contribution in [3.63, 3.8) is 0 Å². The van der Waals surface area contributed by atoms with Crippen LogP contribution in [0.5, 0.6) is 0 Å². The highest BCUT2D eigenvalue weighted by Gasteiger charge is 2.23. The van der Waals surface area contributed by atoms with Gasteiger partial charge in [-0.3, -0.25) is 5.32 Å². The molecule has 1 aromatic carbocycles. The molecule has 1 aromatic rings. The third kappa shape index (κ3) is 4.89. The average Bonchev–Trinajstić information content (AvgIpc) is 2.30. The number of hydrogen-bond acceptors (Lipinski definition) is 2. The lowest BCUT2D eigenvalue weighted by Crippen LogP contribution is -2.44. The Bertz CT molecular complexity index is 392. The van der Waals surface area contributed by atoms with E-state index in [9.17, 15) is 5.26 Å². The molecule has 2 nitrogen and oxygen atoms in total. The van der Waals surface area contributed by atoms with Crippen LogP contribution in [0.3, 0.4) is 0 Å². The van der Waals surface area contributed by atoms with Gasteiger partial charge in [-0.15, -0.1) is 0 Å². The lowest BCUT2D eigenvalue weighted by molar-refractivity contribution is 0.409. The second kappa shape index (κ2) is 6.18. The van der Waals surface area contributed by atoms with Gasteiger partial charge in [0.05, 0.1) is 6.07 Å². The molecule has 0 aromatic heterocycles. The van der Waals surface area contributed by atoms with E-state index in [1.165, 1.54) is 5.56 Å². The van der Waals surface area contributed by atoms with E-state index in [0.29, 0.717) is 5.92 Å². The minimum Gasteiger partial charge on any atom is -0.299 e. The van der Waals surface area contributed by atoms with Gasteiger partial charge in [-0.1, -0.05) is 41.9 Å². The van der Waals surface area contributed by atoms with Crippen LogP contribution in [0.1, 0.15) is 26.3 Å². The van der Waals surface area contributed by atoms with E-state index in [4.69, 9.17) is 0 Å². The van der Waals surface area contributed by atoms with E-state index >= 15 is 0 Å². The third-order valence-corrected chi connectivity index (χ3v) is 3.15. The summed E-state index contributed by atoms with van der Waals surface area (Å²) in [5, 5.41) is 12.6. The molecule has 1 unspecified atom stereocenters. The van der Waals surface area contributed by atoms with E-state index in [-0.39, 0.29) is 0 Å². The molecular formula is C14H19BrN2. The first kappa shape index (κ1) is 14.2. The number of halogens is 1. The van der Waals surface area contributed by atoms with Gasteiger partial charge in [-0.25, -0.2) is 0 Å². The van der Waals surface area contributed by atoms with Crippen molar-refractivity contribution in [2.45, 2.75) is 32.7 Å². The molecule has 1 N–H and O–H groups in total. The van der Waals surface area contributed by atoms with Gasteiger partial charge in [0.25, 0.3) is 0 Å². The number of nitriles is 1. The van der Waals surface area contributed by atoms with E-state index in [1.807, 2.05) is 19.1 Å². The molecule has 0 saturated carbocycles. The summed E-state index contributed by atoms with van der Waals surface area (Å²) in [6.07, 6.45) is 0.726. The molecule has 0 heterocycles. The van der Waals surface area contributed by atoms with Gasteiger partial charge in [0, 0.05) is 10.9 Å². The number of hydrogen-bond donors (Lipinski definition) is 1. The summed E-state index contributed by atoms with van der Waals surface area (Å²) < 4.78 is 1.06. The molecule has 0 aliphatic rings. The first-order chi connectivity index (χ1) is 7.95. The highest BCUT2D eigenvalue weighted by molar-refractivity contribution is 9.10. The molecule has 0 saturated heterocycles. The Morgan fingerprint density at radius 3 is 2.41 bits per heavy atom. The van der Waals surface area contributed by atoms with Crippen LogP contribution in [0.15, 0.2) is 28.7 Å². The maximum Gasteiger partial charge on any atom is 0.107 e. The van der Waals surface area contributed by atoms with Gasteiger partial charge in [-0.2, -0.15) is 5.26 Å². The fourth-order valence-corrected chi connectivity index (χ4v) is 1.85. The van der Waals surface area contributed by atoms with Crippen LogP contribution < -0.4 is 5.32 Å². The minimum absolute atomic E-state index is 0.488. The minimum atomic E-state index is -0.488. The Balaban J connectivity index is 2.68. The van der Waals surface area contributed by atoms with Gasteiger partial charge in [0.1, 0.15) is 5.54 Å². The van der Waals surface area contributed by atoms with Crippen LogP contribution in [0.25, 0.3) is 0 Å². The van der Waals surface area contributed by atoms with E-state index in [0.717, 1.165) is 17.4 Å². The van der Waals surface area contributed by atoms with Gasteiger partial charge >= 0.3 is 0 Å². The maximum absolute atomic E-state index is 9.29. The van der Waals surface area contributed by atoms with Crippen LogP contribution in [0, 0.1) is 17.2 Å². The van der Waals surface area contributed by atoms with Crippen LogP contribution in [0.4, 0.5) is 0 Å². The van der Waals surface area contributed by atoms with Crippen molar-refractivity contribution in [1.82, 2.24) is 5.32 Å². The Hall–Kier alpha value is -0.850. The Morgan fingerprint density at radius 2 is 1.94 bits per heavy atom. The van der Waals surface area contributed by atoms with Crippen molar-refractivity contribution in [3.8, 4) is 6.07 Å². The van der Waals surface area contributed by atoms with Crippen LogP contribution in [-0.2, 0) is 6.42 Å². The molecule has 17 heavy (non-hydrogen) atoms. The van der Waals surface area contributed by atoms with Crippen molar-refractivity contribution < 1.29 is 0 Å². The molecule has 0 radical (unpaired) electrons. The van der Waals surface area contributed by atoms with Gasteiger partial charge in [0.15, 0.2) is 0 Å². The molecule has 0 aliphatic carbocycles. The molecule has 0 spiro atoms. The number of nitrogens with one attached hydrogen (secondary N) is 1. The molecule has 1 atom stereocenters. The summed E-state index contributed by atoms with van der Waals surface area (Å²) >= 11 is 3.41. The average molecular weight is 295 g/mol. The van der Waals surface area contributed by atoms with E-state index < -0.39 is 5.54 Å². The fraction of sp³-hybridized carbons (Fsp3) is 0.500. The summed E-state index contributed by atoms with van der Waals surface area (Å²) in [6, 6.07) is 10.5. The van der Waals surface area contributed by atoms with Crippen LogP contribution in [0.2, 0.25) is 0 Å². The summed E-state index contributed by atoms with van der Waals surface area (Å²) in [5.41, 5.74) is 0.687. The second-order valence-electron chi connectivity index (χ2n) is 5.02. The monoisotopic (exact) mass is 294 g/mol. The lowest BCUT2D eigenvalue weighted by atomic mass is 9.94. The van der Waals surface area contributed by atoms with Crippen molar-refractivity contribution >= 4 is 15.9 Å². The number of benzene rings is 1. The molecular weight excluding hydrogens is 276 g/mol. The summed E-state index contributed by atoms with van der Waals surface area (Å²) in [7, 11) is 0. The van der Waals surface area contributed by atoms with Gasteiger partial charge in [0.2, 0.25) is 0 Å². The molecule has 92 valence electrons. The van der Waals surface area contributed by atoms with Gasteiger partial charge in [-0.05, 0) is 37.1 Å². The predicted molar refractivity (Wildman–Crippen MR) is 74.7 cm³/mol. The fourth-order valence-electron chi connectivity index (χ4n) is 1.58. The first-order valence-corrected chi connectivity index (χ1v) is 6.65. The van der Waals surface area contributed by atoms with Crippen molar-refractivity contribution in [2.75, 3.05) is 6.54 Å². The van der Waals surface area contributed by atoms with Crippen LogP contribution >= 0.6 is 15.9 Å². The van der Waals surface area contributed by atoms with Crippen molar-refractivity contribution in [1.29, 1.82) is 5.26 Å². The lowest BCUT2D eigenvalue weighted by Gasteiger charge is -2.24. The van der Waals surface area contributed by atoms with Crippen molar-refractivity contribution in [2.24, 2.45) is 5.92 Å². The first-order valence-electron chi connectivity index (χ1n) is 5.86. The molecule has 0 fully saturated rings. The Kier molecular flexibility index (Phi) is 5.17. The largest absolute Gasteiger partial charge is 0.299 e. The Morgan fingerprint density at radius 1 is 1.35 bits per heavy atom. The normalized spacial score (nSPS) is 14.4. The zero-order chi connectivity index (χ0) is 12.9. The van der Waals surface area contributed by atoms with E-state index in [2.05, 4.69) is 53.3 Å². The van der Waals surface area contributed by atoms with Gasteiger partial charge < -0.3 is 0 Å². The zero-order valence-corrected chi connectivity index (χ0v) is 12.2.